The number of nitrogens with two attached hydrogens (primary N) is 1. The molecular formula is C95H191Cl6N13O18S15. The molecule has 0 aromatic heterocycles. The molecule has 4 aliphatic carbocycles. The molecule has 0 bridgehead atoms. The summed E-state index contributed by atoms with van der Waals surface area (Å²) in [6.45, 7) is 16.4. The molecule has 16 fully saturated rings. The van der Waals surface area contributed by atoms with Crippen LogP contribution in [0.2, 0.25) is 0 Å². The Morgan fingerprint density at radius 2 is 0.680 bits per heavy atom. The number of rotatable bonds is 15. The van der Waals surface area contributed by atoms with Crippen molar-refractivity contribution in [2.75, 3.05) is 142 Å². The molecule has 0 radical (unpaired) electrons. The van der Waals surface area contributed by atoms with Gasteiger partial charge in [-0.25, -0.2) is 4.79 Å². The molecule has 7 amide bonds. The first kappa shape index (κ1) is 170. The number of likely N-dealkylation sites (tertiary alicyclic amines) is 4. The molecule has 12 heterocycles. The number of ketones is 1. The lowest BCUT2D eigenvalue weighted by molar-refractivity contribution is -0.139. The Kier molecular flexibility index (Phi) is 89.7. The Balaban J connectivity index is -0.000000174. The van der Waals surface area contributed by atoms with Crippen LogP contribution in [0.1, 0.15) is 204 Å². The second-order valence-corrected chi connectivity index (χ2v) is 40.3. The minimum Gasteiger partial charge on any atom is -0.444 e. The number of carbonyl (C=O) groups excluding carboxylic acids is 8. The number of likely N-dealkylation sites (N-methyl/N-ethyl adjacent to an activating group) is 2. The van der Waals surface area contributed by atoms with E-state index in [1.165, 1.54) is 0 Å². The van der Waals surface area contributed by atoms with Crippen LogP contribution in [0.5, 0.6) is 0 Å². The van der Waals surface area contributed by atoms with E-state index in [0.717, 1.165) is 173 Å². The molecule has 16 aliphatic rings. The zero-order valence-corrected chi connectivity index (χ0v) is 98.8. The van der Waals surface area contributed by atoms with E-state index in [0.29, 0.717) is 37.4 Å². The van der Waals surface area contributed by atoms with Crippen LogP contribution in [0.3, 0.4) is 0 Å². The number of halogens is 6. The van der Waals surface area contributed by atoms with Gasteiger partial charge in [0.1, 0.15) is 60.8 Å². The molecule has 12 aliphatic heterocycles. The minimum atomic E-state index is -0.751. The highest BCUT2D eigenvalue weighted by molar-refractivity contribution is 7.61. The van der Waals surface area contributed by atoms with E-state index < -0.39 is 83.8 Å². The third-order valence-corrected chi connectivity index (χ3v) is 30.0. The molecule has 147 heavy (non-hydrogen) atoms. The molecule has 876 valence electrons. The number of nitrogens with zero attached hydrogens (tertiary/aromatic N) is 8. The monoisotopic (exact) mass is 2490 g/mol. The summed E-state index contributed by atoms with van der Waals surface area (Å²) < 4.78 is 32.8. The number of ether oxygens (including phenoxy) is 6. The number of hydrogen-bond donors (Lipinski definition) is 9. The van der Waals surface area contributed by atoms with E-state index in [9.17, 15) is 58.8 Å². The fourth-order valence-corrected chi connectivity index (χ4v) is 23.1. The third-order valence-electron chi connectivity index (χ3n) is 28.1. The lowest BCUT2D eigenvalue weighted by Crippen LogP contribution is -2.55. The first-order valence-corrected chi connectivity index (χ1v) is 47.0. The summed E-state index contributed by atoms with van der Waals surface area (Å²) in [6.07, 6.45) is 11.5. The Morgan fingerprint density at radius 1 is 0.395 bits per heavy atom. The molecular weight excluding hydrogens is 2300 g/mol. The van der Waals surface area contributed by atoms with Crippen molar-refractivity contribution in [1.82, 2.24) is 50.7 Å². The quantitative estimate of drug-likeness (QED) is 0.0748. The molecule has 23 atom stereocenters. The zero-order valence-electron chi connectivity index (χ0n) is 79.2. The Labute approximate surface area is 1020 Å². The second kappa shape index (κ2) is 77.7. The molecule has 0 spiro atoms. The van der Waals surface area contributed by atoms with Crippen LogP contribution in [0.25, 0.3) is 0 Å². The van der Waals surface area contributed by atoms with Crippen molar-refractivity contribution in [3.8, 4) is 0 Å². The topological polar surface area (TPSA) is 373 Å². The van der Waals surface area contributed by atoms with Crippen LogP contribution < -0.4 is 36.8 Å². The molecule has 52 heteroatoms. The summed E-state index contributed by atoms with van der Waals surface area (Å²) in [5.74, 6) is -0.762. The summed E-state index contributed by atoms with van der Waals surface area (Å²) in [7, 11) is 4.25. The van der Waals surface area contributed by atoms with Gasteiger partial charge in [-0.2, -0.15) is 202 Å². The lowest BCUT2D eigenvalue weighted by atomic mass is 9.95. The molecule has 10 N–H and O–H groups in total. The number of alkyl halides is 5. The fraction of sp³-hybridized carbons (Fsp3) is 0.789. The minimum absolute atomic E-state index is 0. The largest absolute Gasteiger partial charge is 0.444 e. The third kappa shape index (κ3) is 41.4. The lowest BCUT2D eigenvalue weighted by Gasteiger charge is -2.34. The molecule has 18 rings (SSSR count). The number of alkyl carbamates (subject to hydrolysis) is 1. The number of piperazine rings is 2. The number of carbonyl (C=O) groups is 8. The average Bonchev–Trinajstić information content (AvgIpc) is 1.62. The molecule has 12 saturated heterocycles. The Morgan fingerprint density at radius 3 is 1.01 bits per heavy atom. The van der Waals surface area contributed by atoms with E-state index in [4.69, 9.17) is 92.2 Å². The number of aliphatic hydroxyl groups is 4. The maximum Gasteiger partial charge on any atom is 0.408 e. The zero-order chi connectivity index (χ0) is 87.4. The van der Waals surface area contributed by atoms with E-state index in [2.05, 4.69) is 55.0 Å². The van der Waals surface area contributed by atoms with Gasteiger partial charge in [0.15, 0.2) is 5.78 Å². The van der Waals surface area contributed by atoms with Crippen molar-refractivity contribution in [3.05, 3.63) is 59.7 Å². The van der Waals surface area contributed by atoms with Crippen molar-refractivity contribution in [1.29, 1.82) is 0 Å². The molecule has 2 aromatic rings. The van der Waals surface area contributed by atoms with Crippen molar-refractivity contribution in [2.45, 2.75) is 325 Å². The predicted molar refractivity (Wildman–Crippen MR) is 680 cm³/mol. The molecule has 0 unspecified atom stereocenters. The highest BCUT2D eigenvalue weighted by Crippen LogP contribution is 2.42. The van der Waals surface area contributed by atoms with Gasteiger partial charge in [0.25, 0.3) is 11.8 Å². The van der Waals surface area contributed by atoms with Crippen molar-refractivity contribution in [2.24, 2.45) is 29.4 Å². The van der Waals surface area contributed by atoms with Gasteiger partial charge in [-0.1, -0.05) is 111 Å². The molecule has 2 aromatic carbocycles. The second-order valence-electron chi connectivity index (χ2n) is 37.5. The van der Waals surface area contributed by atoms with E-state index in [1.807, 2.05) is 48.5 Å². The number of fused-ring (bicyclic) bond motifs is 5. The van der Waals surface area contributed by atoms with Gasteiger partial charge in [-0.05, 0) is 158 Å². The summed E-state index contributed by atoms with van der Waals surface area (Å²) in [5.41, 5.74) is 8.77. The van der Waals surface area contributed by atoms with E-state index >= 15 is 0 Å². The Bertz CT molecular complexity index is 3990. The van der Waals surface area contributed by atoms with Crippen molar-refractivity contribution in [3.63, 3.8) is 0 Å². The van der Waals surface area contributed by atoms with Crippen molar-refractivity contribution < 1.29 is 87.2 Å². The summed E-state index contributed by atoms with van der Waals surface area (Å²) in [5, 5.41) is 50.5. The van der Waals surface area contributed by atoms with Crippen LogP contribution in [0.15, 0.2) is 48.5 Å². The highest BCUT2D eigenvalue weighted by atomic mass is 35.5. The van der Waals surface area contributed by atoms with Gasteiger partial charge in [-0.15, -0.1) is 70.4 Å². The predicted octanol–water partition coefficient (Wildman–Crippen LogP) is 11.1. The number of hydrogen-bond acceptors (Lipinski definition) is 24. The normalized spacial score (nSPS) is 28.6. The van der Waals surface area contributed by atoms with Crippen LogP contribution in [0.4, 0.5) is 16.2 Å². The standard InChI is InChI=1S/C25H35ClN4O4.C25H33ClN4O4.C18H29ClN2O5.C13H21ClN2O3.C6H10ClNO2.8CH4.ClH.15H2S/c2*1-28-10-12-29(13-11-28)18-8-6-17(7-9-18)24(32)27-21(16-4-2-3-5-16)25(33)30-14-19(26)23-22(30)20(31)15-34-23;1-18(2,3)26-17(24)20-13(10-6-4-5-7-10)16(23)21-8-11(19)15-14(21)12(22)9-25-15;14-8-5-16(11-9(17)6-19-12(8)11)13(18)10(15)7-3-1-2-4-7;7-3-1-8-5-4(9)2-10-6(3)5;;;;;;;;;;;;;;;;;;;;;;;;/h6-9,16,19-23,31H,2-5,10-15H2,1H3,(H,27,32);6-9,16,19,21-23H,2-5,10-15H2,1H3,(H,27,32);10-15,22H,4-9H2,1-3H3,(H,20,24);7-12,17H,1-6,15H2;3-6,8-9H,1-2H2;8*1H4;1H;15*1H2/t19-,20-,21-,22+,23+;19-,21-,22+,23+;11-,12-,13-,14+,15+;8-,9-,10-,11+,12+;3-,4-,5+,6+;;;;;;;;;;;;;;;;;;;;;;;;/m00000......................../s1. The summed E-state index contributed by atoms with van der Waals surface area (Å²) in [6, 6.07) is 11.1. The molecule has 4 saturated carbocycles. The maximum absolute atomic E-state index is 13.7. The van der Waals surface area contributed by atoms with Crippen LogP contribution in [-0.4, -0.2) is 371 Å². The number of anilines is 2. The van der Waals surface area contributed by atoms with Gasteiger partial charge in [0.05, 0.1) is 114 Å². The first-order chi connectivity index (χ1) is 58.9. The van der Waals surface area contributed by atoms with Crippen molar-refractivity contribution >= 4 is 332 Å². The Hall–Kier alpha value is 0.270. The SMILES string of the molecule is C.C.C.C.C.C.C.C.CC(C)(C)OC(=O)N[C@H](C(=O)N1C[C@H](Cl)[C@H]2OC[C@H](O)[C@H]21)C1CCCC1.CN1CCN(c2ccc(C(=O)N[C@H](C(=O)N3C[C@H](Cl)[C@H]4OCC(=O)[C@H]43)C3CCCC3)cc2)CC1.CN1CCN(c2ccc(C(=O)N[C@H](C(=O)N3C[C@H](Cl)[C@H]4OC[C@H](O)[C@H]43)C3CCCC3)cc2)CC1.Cl.N[C@H](C(=O)N1C[C@H](Cl)[C@H]2OC[C@H](O)[C@H]21)C1CCCC1.O[C@H]1CO[C@H]2[C@@H]1NC[C@@H]2Cl.S.S.S.S.S.S.S.S.S.S.S.S.S.S.S. The first-order valence-electron chi connectivity index (χ1n) is 44.8. The fourth-order valence-electron chi connectivity index (χ4n) is 21.3. The summed E-state index contributed by atoms with van der Waals surface area (Å²) >= 11 is 31.3. The van der Waals surface area contributed by atoms with Gasteiger partial charge in [-0.3, -0.25) is 33.6 Å². The van der Waals surface area contributed by atoms with Crippen LogP contribution >= 0.6 is 273 Å². The van der Waals surface area contributed by atoms with Gasteiger partial charge < -0.3 is 115 Å². The highest BCUT2D eigenvalue weighted by Gasteiger charge is 2.58. The van der Waals surface area contributed by atoms with Crippen LogP contribution in [0, 0.1) is 23.7 Å². The number of Topliss-reactive ketones (excluding diaryl/α,β-unsaturated/α-hetero) is 1. The number of benzene rings is 2. The summed E-state index contributed by atoms with van der Waals surface area (Å²) in [4.78, 5) is 120. The molecule has 31 nitrogen and oxygen atoms in total. The average molecular weight is 2500 g/mol. The smallest absolute Gasteiger partial charge is 0.408 e. The van der Waals surface area contributed by atoms with Gasteiger partial charge in [0.2, 0.25) is 23.6 Å². The number of aliphatic hydroxyl groups excluding tert-OH is 4. The van der Waals surface area contributed by atoms with Crippen LogP contribution in [-0.2, 0) is 52.4 Å². The number of amides is 7. The van der Waals surface area contributed by atoms with Gasteiger partial charge >= 0.3 is 6.09 Å². The maximum atomic E-state index is 13.7. The van der Waals surface area contributed by atoms with E-state index in [1.54, 1.807) is 40.4 Å². The van der Waals surface area contributed by atoms with E-state index in [-0.39, 0.29) is 436 Å². The van der Waals surface area contributed by atoms with Gasteiger partial charge in [0, 0.05) is 108 Å². The number of nitrogens with one attached hydrogen (secondary N) is 4.